The molecule has 0 bridgehead atoms. The minimum Gasteiger partial charge on any atom is -0.495 e. The number of methoxy groups -OCH3 is 1. The number of carbonyl (C=O) groups is 1. The highest BCUT2D eigenvalue weighted by atomic mass is 16.6. The lowest BCUT2D eigenvalue weighted by Gasteiger charge is -2.19. The first-order chi connectivity index (χ1) is 8.81. The van der Waals surface area contributed by atoms with Crippen molar-refractivity contribution in [2.24, 2.45) is 0 Å². The molecular formula is C15H23NO3. The fourth-order valence-corrected chi connectivity index (χ4v) is 1.65. The molecule has 0 aliphatic rings. The summed E-state index contributed by atoms with van der Waals surface area (Å²) in [6.07, 6.45) is 0.328. The van der Waals surface area contributed by atoms with Gasteiger partial charge in [0.2, 0.25) is 0 Å². The maximum Gasteiger partial charge on any atom is 0.308 e. The molecule has 4 nitrogen and oxygen atoms in total. The Bertz CT molecular complexity index is 436. The normalized spacial score (nSPS) is 11.0. The predicted molar refractivity (Wildman–Crippen MR) is 76.7 cm³/mol. The van der Waals surface area contributed by atoms with Gasteiger partial charge in [-0.3, -0.25) is 4.79 Å². The van der Waals surface area contributed by atoms with Gasteiger partial charge in [0, 0.05) is 6.54 Å². The molecule has 0 amide bonds. The van der Waals surface area contributed by atoms with Crippen molar-refractivity contribution in [3.8, 4) is 5.75 Å². The fourth-order valence-electron chi connectivity index (χ4n) is 1.65. The van der Waals surface area contributed by atoms with E-state index >= 15 is 0 Å². The Kier molecular flexibility index (Phi) is 5.21. The van der Waals surface area contributed by atoms with E-state index in [4.69, 9.17) is 9.47 Å². The van der Waals surface area contributed by atoms with Gasteiger partial charge in [0.15, 0.2) is 0 Å². The molecular weight excluding hydrogens is 242 g/mol. The van der Waals surface area contributed by atoms with E-state index in [2.05, 4.69) is 5.32 Å². The van der Waals surface area contributed by atoms with E-state index in [9.17, 15) is 4.79 Å². The SMILES string of the molecule is COc1ccc(C)cc1NCCC(=O)OC(C)(C)C. The number of aryl methyl sites for hydroxylation is 1. The zero-order valence-corrected chi connectivity index (χ0v) is 12.4. The highest BCUT2D eigenvalue weighted by Gasteiger charge is 2.15. The van der Waals surface area contributed by atoms with Gasteiger partial charge in [-0.15, -0.1) is 0 Å². The largest absolute Gasteiger partial charge is 0.495 e. The highest BCUT2D eigenvalue weighted by Crippen LogP contribution is 2.25. The van der Waals surface area contributed by atoms with Crippen molar-refractivity contribution in [1.82, 2.24) is 0 Å². The summed E-state index contributed by atoms with van der Waals surface area (Å²) in [5, 5.41) is 3.20. The summed E-state index contributed by atoms with van der Waals surface area (Å²) in [5.74, 6) is 0.571. The van der Waals surface area contributed by atoms with E-state index < -0.39 is 5.60 Å². The van der Waals surface area contributed by atoms with Crippen LogP contribution in [0.2, 0.25) is 0 Å². The predicted octanol–water partition coefficient (Wildman–Crippen LogP) is 3.15. The second kappa shape index (κ2) is 6.45. The third-order valence-corrected chi connectivity index (χ3v) is 2.42. The van der Waals surface area contributed by atoms with E-state index in [-0.39, 0.29) is 5.97 Å². The average Bonchev–Trinajstić information content (AvgIpc) is 2.27. The van der Waals surface area contributed by atoms with Gasteiger partial charge in [-0.2, -0.15) is 0 Å². The van der Waals surface area contributed by atoms with Crippen LogP contribution in [0.25, 0.3) is 0 Å². The number of hydrogen-bond donors (Lipinski definition) is 1. The van der Waals surface area contributed by atoms with Crippen molar-refractivity contribution in [3.63, 3.8) is 0 Å². The molecule has 19 heavy (non-hydrogen) atoms. The van der Waals surface area contributed by atoms with E-state index in [1.54, 1.807) is 7.11 Å². The molecule has 1 N–H and O–H groups in total. The number of nitrogens with one attached hydrogen (secondary N) is 1. The smallest absolute Gasteiger partial charge is 0.308 e. The average molecular weight is 265 g/mol. The molecule has 0 fully saturated rings. The number of esters is 1. The zero-order chi connectivity index (χ0) is 14.5. The van der Waals surface area contributed by atoms with Gasteiger partial charge in [-0.05, 0) is 45.4 Å². The molecule has 1 aromatic rings. The van der Waals surface area contributed by atoms with Crippen LogP contribution in [0.4, 0.5) is 5.69 Å². The standard InChI is InChI=1S/C15H23NO3/c1-11-6-7-13(18-5)12(10-11)16-9-8-14(17)19-15(2,3)4/h6-7,10,16H,8-9H2,1-5H3. The Labute approximate surface area is 115 Å². The van der Waals surface area contributed by atoms with E-state index in [0.29, 0.717) is 13.0 Å². The van der Waals surface area contributed by atoms with Crippen LogP contribution in [0.1, 0.15) is 32.8 Å². The first-order valence-corrected chi connectivity index (χ1v) is 6.42. The summed E-state index contributed by atoms with van der Waals surface area (Å²) in [7, 11) is 1.63. The third-order valence-electron chi connectivity index (χ3n) is 2.42. The van der Waals surface area contributed by atoms with Crippen LogP contribution < -0.4 is 10.1 Å². The lowest BCUT2D eigenvalue weighted by atomic mass is 10.2. The summed E-state index contributed by atoms with van der Waals surface area (Å²) >= 11 is 0. The Balaban J connectivity index is 2.49. The van der Waals surface area contributed by atoms with Crippen LogP contribution in [0, 0.1) is 6.92 Å². The first kappa shape index (κ1) is 15.3. The van der Waals surface area contributed by atoms with Gasteiger partial charge in [-0.1, -0.05) is 6.07 Å². The molecule has 0 aliphatic heterocycles. The van der Waals surface area contributed by atoms with Gasteiger partial charge in [0.1, 0.15) is 11.4 Å². The van der Waals surface area contributed by atoms with Gasteiger partial charge < -0.3 is 14.8 Å². The Morgan fingerprint density at radius 2 is 2.00 bits per heavy atom. The monoisotopic (exact) mass is 265 g/mol. The van der Waals surface area contributed by atoms with Crippen molar-refractivity contribution >= 4 is 11.7 Å². The molecule has 0 radical (unpaired) electrons. The number of carbonyl (C=O) groups excluding carboxylic acids is 1. The molecule has 0 saturated heterocycles. The molecule has 106 valence electrons. The van der Waals surface area contributed by atoms with Crippen molar-refractivity contribution in [2.75, 3.05) is 19.0 Å². The van der Waals surface area contributed by atoms with Gasteiger partial charge in [-0.25, -0.2) is 0 Å². The van der Waals surface area contributed by atoms with E-state index in [0.717, 1.165) is 17.0 Å². The maximum absolute atomic E-state index is 11.6. The van der Waals surface area contributed by atoms with Crippen LogP contribution in [0.3, 0.4) is 0 Å². The van der Waals surface area contributed by atoms with Crippen LogP contribution in [0.15, 0.2) is 18.2 Å². The Hall–Kier alpha value is -1.71. The Morgan fingerprint density at radius 3 is 2.58 bits per heavy atom. The molecule has 4 heteroatoms. The minimum atomic E-state index is -0.432. The molecule has 0 atom stereocenters. The number of anilines is 1. The van der Waals surface area contributed by atoms with Crippen molar-refractivity contribution in [1.29, 1.82) is 0 Å². The van der Waals surface area contributed by atoms with Crippen molar-refractivity contribution in [3.05, 3.63) is 23.8 Å². The topological polar surface area (TPSA) is 47.6 Å². The molecule has 0 aliphatic carbocycles. The summed E-state index contributed by atoms with van der Waals surface area (Å²) in [5.41, 5.74) is 1.60. The number of rotatable bonds is 5. The van der Waals surface area contributed by atoms with E-state index in [1.165, 1.54) is 0 Å². The molecule has 0 aromatic heterocycles. The van der Waals surface area contributed by atoms with Crippen LogP contribution in [-0.4, -0.2) is 25.2 Å². The van der Waals surface area contributed by atoms with Crippen molar-refractivity contribution in [2.45, 2.75) is 39.7 Å². The number of hydrogen-bond acceptors (Lipinski definition) is 4. The van der Waals surface area contributed by atoms with Crippen LogP contribution in [0.5, 0.6) is 5.75 Å². The summed E-state index contributed by atoms with van der Waals surface area (Å²) in [4.78, 5) is 11.6. The van der Waals surface area contributed by atoms with Gasteiger partial charge in [0.05, 0.1) is 19.2 Å². The number of ether oxygens (including phenoxy) is 2. The second-order valence-corrected chi connectivity index (χ2v) is 5.47. The third kappa shape index (κ3) is 5.64. The molecule has 0 spiro atoms. The zero-order valence-electron chi connectivity index (χ0n) is 12.4. The quantitative estimate of drug-likeness (QED) is 0.831. The molecule has 0 unspecified atom stereocenters. The van der Waals surface area contributed by atoms with Gasteiger partial charge >= 0.3 is 5.97 Å². The lowest BCUT2D eigenvalue weighted by molar-refractivity contribution is -0.154. The van der Waals surface area contributed by atoms with Crippen molar-refractivity contribution < 1.29 is 14.3 Å². The summed E-state index contributed by atoms with van der Waals surface area (Å²) in [6, 6.07) is 5.89. The summed E-state index contributed by atoms with van der Waals surface area (Å²) in [6.45, 7) is 8.12. The fraction of sp³-hybridized carbons (Fsp3) is 0.533. The van der Waals surface area contributed by atoms with Gasteiger partial charge in [0.25, 0.3) is 0 Å². The van der Waals surface area contributed by atoms with Crippen LogP contribution >= 0.6 is 0 Å². The molecule has 1 aromatic carbocycles. The second-order valence-electron chi connectivity index (χ2n) is 5.47. The summed E-state index contributed by atoms with van der Waals surface area (Å²) < 4.78 is 10.5. The lowest BCUT2D eigenvalue weighted by Crippen LogP contribution is -2.25. The molecule has 0 heterocycles. The minimum absolute atomic E-state index is 0.202. The first-order valence-electron chi connectivity index (χ1n) is 6.42. The molecule has 1 rings (SSSR count). The molecule has 0 saturated carbocycles. The van der Waals surface area contributed by atoms with E-state index in [1.807, 2.05) is 45.9 Å². The number of benzene rings is 1. The van der Waals surface area contributed by atoms with Crippen LogP contribution in [-0.2, 0) is 9.53 Å². The Morgan fingerprint density at radius 1 is 1.32 bits per heavy atom. The highest BCUT2D eigenvalue weighted by molar-refractivity contribution is 5.71. The maximum atomic E-state index is 11.6.